The Labute approximate surface area is 167 Å². The van der Waals surface area contributed by atoms with Crippen LogP contribution in [0.3, 0.4) is 0 Å². The molecule has 0 saturated heterocycles. The lowest BCUT2D eigenvalue weighted by Crippen LogP contribution is -2.15. The molecule has 0 fully saturated rings. The number of hydrogen-bond acceptors (Lipinski definition) is 7. The van der Waals surface area contributed by atoms with Gasteiger partial charge in [0, 0.05) is 12.6 Å². The highest BCUT2D eigenvalue weighted by Gasteiger charge is 2.14. The number of aromatic nitrogens is 2. The van der Waals surface area contributed by atoms with Crippen molar-refractivity contribution in [2.75, 3.05) is 24.5 Å². The lowest BCUT2D eigenvalue weighted by Gasteiger charge is -2.11. The molecule has 1 aliphatic heterocycles. The van der Waals surface area contributed by atoms with Gasteiger partial charge in [-0.05, 0) is 42.3 Å². The SMILES string of the molecule is COc1ccc(C)cc1NC(=O)c1cc(NCc2ccc3c(c2)OCO3)ncn1. The van der Waals surface area contributed by atoms with Gasteiger partial charge in [-0.1, -0.05) is 12.1 Å². The van der Waals surface area contributed by atoms with E-state index in [0.717, 1.165) is 22.6 Å². The Morgan fingerprint density at radius 3 is 2.83 bits per heavy atom. The minimum atomic E-state index is -0.345. The molecule has 0 bridgehead atoms. The first-order valence-corrected chi connectivity index (χ1v) is 9.03. The maximum absolute atomic E-state index is 12.6. The van der Waals surface area contributed by atoms with Crippen LogP contribution in [-0.2, 0) is 6.54 Å². The maximum atomic E-state index is 12.6. The first kappa shape index (κ1) is 18.5. The van der Waals surface area contributed by atoms with Crippen molar-refractivity contribution in [3.05, 3.63) is 65.6 Å². The topological polar surface area (TPSA) is 94.6 Å². The van der Waals surface area contributed by atoms with Crippen molar-refractivity contribution in [3.63, 3.8) is 0 Å². The molecule has 4 rings (SSSR count). The number of benzene rings is 2. The summed E-state index contributed by atoms with van der Waals surface area (Å²) in [5.41, 5.74) is 2.85. The Kier molecular flexibility index (Phi) is 5.15. The van der Waals surface area contributed by atoms with Crippen molar-refractivity contribution >= 4 is 17.4 Å². The highest BCUT2D eigenvalue weighted by Crippen LogP contribution is 2.32. The quantitative estimate of drug-likeness (QED) is 0.664. The number of methoxy groups -OCH3 is 1. The predicted octanol–water partition coefficient (Wildman–Crippen LogP) is 3.39. The van der Waals surface area contributed by atoms with E-state index in [2.05, 4.69) is 20.6 Å². The fraction of sp³-hybridized carbons (Fsp3) is 0.190. The number of carbonyl (C=O) groups is 1. The third kappa shape index (κ3) is 4.21. The Hall–Kier alpha value is -3.81. The first-order chi connectivity index (χ1) is 14.1. The van der Waals surface area contributed by atoms with Crippen LogP contribution in [0.5, 0.6) is 17.2 Å². The smallest absolute Gasteiger partial charge is 0.274 e. The van der Waals surface area contributed by atoms with E-state index in [-0.39, 0.29) is 18.4 Å². The summed E-state index contributed by atoms with van der Waals surface area (Å²) < 4.78 is 16.0. The molecule has 0 unspecified atom stereocenters. The lowest BCUT2D eigenvalue weighted by atomic mass is 10.2. The number of hydrogen-bond donors (Lipinski definition) is 2. The highest BCUT2D eigenvalue weighted by atomic mass is 16.7. The second kappa shape index (κ2) is 8.05. The normalized spacial score (nSPS) is 11.8. The van der Waals surface area contributed by atoms with E-state index < -0.39 is 0 Å². The second-order valence-corrected chi connectivity index (χ2v) is 6.49. The Morgan fingerprint density at radius 2 is 1.97 bits per heavy atom. The van der Waals surface area contributed by atoms with Crippen LogP contribution in [0.4, 0.5) is 11.5 Å². The molecule has 148 valence electrons. The van der Waals surface area contributed by atoms with Crippen LogP contribution in [0.2, 0.25) is 0 Å². The molecular weight excluding hydrogens is 372 g/mol. The summed E-state index contributed by atoms with van der Waals surface area (Å²) in [4.78, 5) is 20.9. The molecule has 0 aliphatic carbocycles. The standard InChI is InChI=1S/C21H20N4O4/c1-13-3-5-17(27-2)15(7-13)25-21(26)16-9-20(24-11-23-16)22-10-14-4-6-18-19(8-14)29-12-28-18/h3-9,11H,10,12H2,1-2H3,(H,25,26)(H,22,23,24). The van der Waals surface area contributed by atoms with Gasteiger partial charge in [-0.3, -0.25) is 4.79 Å². The fourth-order valence-electron chi connectivity index (χ4n) is 2.93. The van der Waals surface area contributed by atoms with Gasteiger partial charge in [-0.15, -0.1) is 0 Å². The minimum absolute atomic E-state index is 0.238. The maximum Gasteiger partial charge on any atom is 0.274 e. The van der Waals surface area contributed by atoms with Crippen LogP contribution in [-0.4, -0.2) is 29.8 Å². The number of fused-ring (bicyclic) bond motifs is 1. The van der Waals surface area contributed by atoms with Crippen molar-refractivity contribution in [1.82, 2.24) is 9.97 Å². The van der Waals surface area contributed by atoms with E-state index in [1.165, 1.54) is 6.33 Å². The van der Waals surface area contributed by atoms with E-state index in [9.17, 15) is 4.79 Å². The van der Waals surface area contributed by atoms with Crippen molar-refractivity contribution in [2.45, 2.75) is 13.5 Å². The summed E-state index contributed by atoms with van der Waals surface area (Å²) in [5, 5.41) is 6.03. The van der Waals surface area contributed by atoms with Crippen molar-refractivity contribution in [1.29, 1.82) is 0 Å². The zero-order valence-corrected chi connectivity index (χ0v) is 16.1. The Balaban J connectivity index is 1.44. The zero-order chi connectivity index (χ0) is 20.2. The number of aryl methyl sites for hydroxylation is 1. The summed E-state index contributed by atoms with van der Waals surface area (Å²) in [5.74, 6) is 2.24. The summed E-state index contributed by atoms with van der Waals surface area (Å²) >= 11 is 0. The number of nitrogens with one attached hydrogen (secondary N) is 2. The summed E-state index contributed by atoms with van der Waals surface area (Å²) in [6.07, 6.45) is 1.35. The van der Waals surface area contributed by atoms with Crippen LogP contribution in [0.25, 0.3) is 0 Å². The molecule has 1 aromatic heterocycles. The summed E-state index contributed by atoms with van der Waals surface area (Å²) in [7, 11) is 1.56. The average molecular weight is 392 g/mol. The monoisotopic (exact) mass is 392 g/mol. The first-order valence-electron chi connectivity index (χ1n) is 9.03. The van der Waals surface area contributed by atoms with Gasteiger partial charge in [-0.2, -0.15) is 0 Å². The number of carbonyl (C=O) groups excluding carboxylic acids is 1. The van der Waals surface area contributed by atoms with Crippen molar-refractivity contribution < 1.29 is 19.0 Å². The van der Waals surface area contributed by atoms with Crippen LogP contribution in [0.1, 0.15) is 21.6 Å². The number of rotatable bonds is 6. The molecule has 3 aromatic rings. The third-order valence-corrected chi connectivity index (χ3v) is 4.41. The summed E-state index contributed by atoms with van der Waals surface area (Å²) in [6, 6.07) is 12.9. The second-order valence-electron chi connectivity index (χ2n) is 6.49. The van der Waals surface area contributed by atoms with Crippen molar-refractivity contribution in [3.8, 4) is 17.2 Å². The van der Waals surface area contributed by atoms with Crippen LogP contribution < -0.4 is 24.8 Å². The molecular formula is C21H20N4O4. The van der Waals surface area contributed by atoms with E-state index in [1.54, 1.807) is 13.2 Å². The number of amides is 1. The van der Waals surface area contributed by atoms with Gasteiger partial charge >= 0.3 is 0 Å². The Morgan fingerprint density at radius 1 is 1.10 bits per heavy atom. The molecule has 0 atom stereocenters. The summed E-state index contributed by atoms with van der Waals surface area (Å²) in [6.45, 7) is 2.70. The molecule has 2 heterocycles. The van der Waals surface area contributed by atoms with E-state index in [0.29, 0.717) is 23.8 Å². The Bertz CT molecular complexity index is 1050. The molecule has 8 heteroatoms. The van der Waals surface area contributed by atoms with Gasteiger partial charge in [0.25, 0.3) is 5.91 Å². The van der Waals surface area contributed by atoms with Gasteiger partial charge in [0.2, 0.25) is 6.79 Å². The van der Waals surface area contributed by atoms with Crippen molar-refractivity contribution in [2.24, 2.45) is 0 Å². The average Bonchev–Trinajstić information content (AvgIpc) is 3.20. The van der Waals surface area contributed by atoms with Crippen LogP contribution >= 0.6 is 0 Å². The third-order valence-electron chi connectivity index (χ3n) is 4.41. The minimum Gasteiger partial charge on any atom is -0.495 e. The molecule has 2 aromatic carbocycles. The van der Waals surface area contributed by atoms with Gasteiger partial charge in [0.1, 0.15) is 23.6 Å². The van der Waals surface area contributed by atoms with E-state index >= 15 is 0 Å². The van der Waals surface area contributed by atoms with E-state index in [1.807, 2.05) is 43.3 Å². The molecule has 8 nitrogen and oxygen atoms in total. The lowest BCUT2D eigenvalue weighted by molar-refractivity contribution is 0.102. The number of anilines is 2. The molecule has 0 spiro atoms. The molecule has 0 saturated carbocycles. The van der Waals surface area contributed by atoms with Gasteiger partial charge in [0.05, 0.1) is 12.8 Å². The van der Waals surface area contributed by atoms with Crippen LogP contribution in [0.15, 0.2) is 48.8 Å². The molecule has 2 N–H and O–H groups in total. The number of ether oxygens (including phenoxy) is 3. The molecule has 29 heavy (non-hydrogen) atoms. The molecule has 1 aliphatic rings. The molecule has 1 amide bonds. The highest BCUT2D eigenvalue weighted by molar-refractivity contribution is 6.04. The zero-order valence-electron chi connectivity index (χ0n) is 16.1. The van der Waals surface area contributed by atoms with Gasteiger partial charge in [-0.25, -0.2) is 9.97 Å². The molecule has 0 radical (unpaired) electrons. The van der Waals surface area contributed by atoms with Gasteiger partial charge in [0.15, 0.2) is 11.5 Å². The predicted molar refractivity (Wildman–Crippen MR) is 108 cm³/mol. The fourth-order valence-corrected chi connectivity index (χ4v) is 2.93. The largest absolute Gasteiger partial charge is 0.495 e. The van der Waals surface area contributed by atoms with Crippen LogP contribution in [0, 0.1) is 6.92 Å². The number of nitrogens with zero attached hydrogens (tertiary/aromatic N) is 2. The van der Waals surface area contributed by atoms with E-state index in [4.69, 9.17) is 14.2 Å². The van der Waals surface area contributed by atoms with Gasteiger partial charge < -0.3 is 24.8 Å².